The van der Waals surface area contributed by atoms with Gasteiger partial charge in [-0.2, -0.15) is 5.10 Å². The topological polar surface area (TPSA) is 73.2 Å². The highest BCUT2D eigenvalue weighted by atomic mass is 16.5. The highest BCUT2D eigenvalue weighted by Crippen LogP contribution is 2.12. The van der Waals surface area contributed by atoms with Crippen LogP contribution < -0.4 is 5.32 Å². The van der Waals surface area contributed by atoms with Crippen LogP contribution >= 0.6 is 0 Å². The molecule has 0 saturated carbocycles. The van der Waals surface area contributed by atoms with E-state index in [4.69, 9.17) is 4.74 Å². The van der Waals surface area contributed by atoms with E-state index in [9.17, 15) is 9.59 Å². The van der Waals surface area contributed by atoms with E-state index in [1.165, 1.54) is 5.56 Å². The van der Waals surface area contributed by atoms with E-state index in [0.29, 0.717) is 12.1 Å². The Morgan fingerprint density at radius 2 is 1.79 bits per heavy atom. The van der Waals surface area contributed by atoms with Gasteiger partial charge in [-0.15, -0.1) is 0 Å². The molecule has 0 aliphatic carbocycles. The first-order valence-corrected chi connectivity index (χ1v) is 9.73. The average molecular weight is 391 g/mol. The Morgan fingerprint density at radius 1 is 1.07 bits per heavy atom. The largest absolute Gasteiger partial charge is 0.453 e. The Hall–Kier alpha value is -3.41. The second-order valence-electron chi connectivity index (χ2n) is 6.80. The molecule has 2 aromatic carbocycles. The summed E-state index contributed by atoms with van der Waals surface area (Å²) in [6.45, 7) is 3.64. The zero-order valence-electron chi connectivity index (χ0n) is 16.7. The van der Waals surface area contributed by atoms with Crippen LogP contribution in [-0.2, 0) is 27.2 Å². The second-order valence-corrected chi connectivity index (χ2v) is 6.80. The molecule has 29 heavy (non-hydrogen) atoms. The molecule has 0 aliphatic heterocycles. The second kappa shape index (κ2) is 9.68. The number of hydrogen-bond acceptors (Lipinski definition) is 4. The molecule has 3 aromatic rings. The van der Waals surface area contributed by atoms with Gasteiger partial charge in [0.25, 0.3) is 5.91 Å². The average Bonchev–Trinajstić information content (AvgIpc) is 3.22. The molecule has 0 radical (unpaired) electrons. The summed E-state index contributed by atoms with van der Waals surface area (Å²) >= 11 is 0. The lowest BCUT2D eigenvalue weighted by Crippen LogP contribution is -2.30. The van der Waals surface area contributed by atoms with Crippen LogP contribution in [0, 0.1) is 0 Å². The Kier molecular flexibility index (Phi) is 6.79. The highest BCUT2D eigenvalue weighted by molar-refractivity contribution is 5.95. The number of amides is 1. The number of aromatic nitrogens is 2. The number of nitrogens with zero attached hydrogens (tertiary/aromatic N) is 2. The van der Waals surface area contributed by atoms with Crippen molar-refractivity contribution in [1.82, 2.24) is 9.78 Å². The molecule has 3 rings (SSSR count). The van der Waals surface area contributed by atoms with Gasteiger partial charge in [-0.05, 0) is 55.2 Å². The van der Waals surface area contributed by atoms with Crippen molar-refractivity contribution in [3.63, 3.8) is 0 Å². The standard InChI is InChI=1S/C23H25N3O3/c1-3-18-9-12-20(13-10-18)25-23(28)17(2)29-22(27)14-11-19-15-24-26(16-19)21-7-5-4-6-8-21/h4-10,12-13,15-17H,3,11,14H2,1-2H3,(H,25,28). The third-order valence-electron chi connectivity index (χ3n) is 4.58. The summed E-state index contributed by atoms with van der Waals surface area (Å²) in [6.07, 6.45) is 4.38. The van der Waals surface area contributed by atoms with Crippen LogP contribution in [-0.4, -0.2) is 27.8 Å². The van der Waals surface area contributed by atoms with E-state index in [-0.39, 0.29) is 12.3 Å². The van der Waals surface area contributed by atoms with E-state index < -0.39 is 12.1 Å². The van der Waals surface area contributed by atoms with Crippen molar-refractivity contribution < 1.29 is 14.3 Å². The van der Waals surface area contributed by atoms with Gasteiger partial charge < -0.3 is 10.1 Å². The predicted molar refractivity (Wildman–Crippen MR) is 112 cm³/mol. The molecule has 1 unspecified atom stereocenters. The van der Waals surface area contributed by atoms with Crippen molar-refractivity contribution in [1.29, 1.82) is 0 Å². The number of hydrogen-bond donors (Lipinski definition) is 1. The van der Waals surface area contributed by atoms with Gasteiger partial charge in [0.1, 0.15) is 0 Å². The van der Waals surface area contributed by atoms with Gasteiger partial charge in [0.05, 0.1) is 11.9 Å². The van der Waals surface area contributed by atoms with Gasteiger partial charge in [0.2, 0.25) is 0 Å². The minimum Gasteiger partial charge on any atom is -0.453 e. The fourth-order valence-corrected chi connectivity index (χ4v) is 2.83. The molecular formula is C23H25N3O3. The number of aryl methyl sites for hydroxylation is 2. The first kappa shape index (κ1) is 20.3. The summed E-state index contributed by atoms with van der Waals surface area (Å²) in [7, 11) is 0. The number of nitrogens with one attached hydrogen (secondary N) is 1. The van der Waals surface area contributed by atoms with Crippen LogP contribution in [0.3, 0.4) is 0 Å². The molecule has 0 fully saturated rings. The van der Waals surface area contributed by atoms with Crippen molar-refractivity contribution in [3.8, 4) is 5.69 Å². The number of esters is 1. The van der Waals surface area contributed by atoms with Crippen LogP contribution in [0.2, 0.25) is 0 Å². The lowest BCUT2D eigenvalue weighted by atomic mass is 10.1. The maximum absolute atomic E-state index is 12.2. The van der Waals surface area contributed by atoms with Crippen LogP contribution in [0.5, 0.6) is 0 Å². The third-order valence-corrected chi connectivity index (χ3v) is 4.58. The Labute approximate surface area is 170 Å². The van der Waals surface area contributed by atoms with Crippen molar-refractivity contribution in [2.45, 2.75) is 39.2 Å². The number of benzene rings is 2. The molecule has 1 heterocycles. The highest BCUT2D eigenvalue weighted by Gasteiger charge is 2.18. The molecule has 150 valence electrons. The summed E-state index contributed by atoms with van der Waals surface area (Å²) in [6, 6.07) is 17.4. The molecule has 0 aliphatic rings. The molecule has 1 N–H and O–H groups in total. The van der Waals surface area contributed by atoms with Crippen LogP contribution in [0.4, 0.5) is 5.69 Å². The van der Waals surface area contributed by atoms with Crippen LogP contribution in [0.15, 0.2) is 67.0 Å². The van der Waals surface area contributed by atoms with Gasteiger partial charge in [-0.25, -0.2) is 4.68 Å². The van der Waals surface area contributed by atoms with Crippen molar-refractivity contribution in [2.75, 3.05) is 5.32 Å². The normalized spacial score (nSPS) is 11.7. The summed E-state index contributed by atoms with van der Waals surface area (Å²) < 4.78 is 7.03. The molecule has 0 saturated heterocycles. The van der Waals surface area contributed by atoms with Crippen molar-refractivity contribution in [2.24, 2.45) is 0 Å². The molecule has 1 aromatic heterocycles. The smallest absolute Gasteiger partial charge is 0.306 e. The molecule has 1 amide bonds. The number of anilines is 1. The molecule has 6 nitrogen and oxygen atoms in total. The lowest BCUT2D eigenvalue weighted by molar-refractivity contribution is -0.153. The monoisotopic (exact) mass is 391 g/mol. The number of ether oxygens (including phenoxy) is 1. The molecule has 0 spiro atoms. The fraction of sp³-hybridized carbons (Fsp3) is 0.261. The van der Waals surface area contributed by atoms with Gasteiger partial charge in [-0.1, -0.05) is 37.3 Å². The summed E-state index contributed by atoms with van der Waals surface area (Å²) in [5.74, 6) is -0.763. The zero-order chi connectivity index (χ0) is 20.6. The first-order chi connectivity index (χ1) is 14.0. The SMILES string of the molecule is CCc1ccc(NC(=O)C(C)OC(=O)CCc2cnn(-c3ccccc3)c2)cc1. The number of carbonyl (C=O) groups is 2. The summed E-state index contributed by atoms with van der Waals surface area (Å²) in [5.41, 5.74) is 3.76. The molecule has 6 heteroatoms. The number of rotatable bonds is 8. The number of carbonyl (C=O) groups excluding carboxylic acids is 2. The Bertz CT molecular complexity index is 949. The van der Waals surface area contributed by atoms with Gasteiger partial charge >= 0.3 is 5.97 Å². The molecular weight excluding hydrogens is 366 g/mol. The van der Waals surface area contributed by atoms with E-state index >= 15 is 0 Å². The minimum atomic E-state index is -0.861. The number of para-hydroxylation sites is 1. The van der Waals surface area contributed by atoms with Crippen molar-refractivity contribution in [3.05, 3.63) is 78.1 Å². The molecule has 0 bridgehead atoms. The quantitative estimate of drug-likeness (QED) is 0.591. The van der Waals surface area contributed by atoms with E-state index in [1.54, 1.807) is 17.8 Å². The Morgan fingerprint density at radius 3 is 2.48 bits per heavy atom. The van der Waals surface area contributed by atoms with Crippen LogP contribution in [0.1, 0.15) is 31.4 Å². The maximum atomic E-state index is 12.2. The van der Waals surface area contributed by atoms with E-state index in [0.717, 1.165) is 17.7 Å². The van der Waals surface area contributed by atoms with E-state index in [2.05, 4.69) is 17.3 Å². The fourth-order valence-electron chi connectivity index (χ4n) is 2.83. The third kappa shape index (κ3) is 5.78. The minimum absolute atomic E-state index is 0.184. The van der Waals surface area contributed by atoms with Gasteiger partial charge in [0.15, 0.2) is 6.10 Å². The summed E-state index contributed by atoms with van der Waals surface area (Å²) in [4.78, 5) is 24.3. The van der Waals surface area contributed by atoms with Crippen LogP contribution in [0.25, 0.3) is 5.69 Å². The Balaban J connectivity index is 1.46. The lowest BCUT2D eigenvalue weighted by Gasteiger charge is -2.13. The first-order valence-electron chi connectivity index (χ1n) is 9.73. The van der Waals surface area contributed by atoms with Gasteiger partial charge in [-0.3, -0.25) is 9.59 Å². The van der Waals surface area contributed by atoms with Crippen molar-refractivity contribution >= 4 is 17.6 Å². The zero-order valence-corrected chi connectivity index (χ0v) is 16.7. The van der Waals surface area contributed by atoms with Gasteiger partial charge in [0, 0.05) is 18.3 Å². The molecule has 1 atom stereocenters. The van der Waals surface area contributed by atoms with E-state index in [1.807, 2.05) is 60.8 Å². The summed E-state index contributed by atoms with van der Waals surface area (Å²) in [5, 5.41) is 7.08. The maximum Gasteiger partial charge on any atom is 0.306 e. The predicted octanol–water partition coefficient (Wildman–Crippen LogP) is 3.94.